The number of unbranched alkanes of at least 4 members (excludes halogenated alkanes) is 7. The van der Waals surface area contributed by atoms with Crippen LogP contribution in [0.25, 0.3) is 0 Å². The summed E-state index contributed by atoms with van der Waals surface area (Å²) in [6, 6.07) is 0. The van der Waals surface area contributed by atoms with Gasteiger partial charge in [0.25, 0.3) is 0 Å². The van der Waals surface area contributed by atoms with Crippen molar-refractivity contribution in [1.82, 2.24) is 0 Å². The SMILES string of the molecule is CCCCCCCCCCOCCOCCOCCOCCOCCOCCOCCOCCOCCOCCO[Si](C)(C)C. The van der Waals surface area contributed by atoms with Crippen molar-refractivity contribution in [3.63, 3.8) is 0 Å². The Kier molecular flexibility index (Phi) is 38.0. The van der Waals surface area contributed by atoms with Crippen LogP contribution in [0, 0.1) is 0 Å². The Morgan fingerprint density at radius 3 is 0.756 bits per heavy atom. The van der Waals surface area contributed by atoms with E-state index in [1.54, 1.807) is 0 Å². The number of ether oxygens (including phenoxy) is 10. The van der Waals surface area contributed by atoms with Crippen LogP contribution in [-0.2, 0) is 51.8 Å². The summed E-state index contributed by atoms with van der Waals surface area (Å²) >= 11 is 0. The zero-order valence-electron chi connectivity index (χ0n) is 29.5. The summed E-state index contributed by atoms with van der Waals surface area (Å²) in [6.07, 6.45) is 10.5. The minimum absolute atomic E-state index is 0.527. The van der Waals surface area contributed by atoms with Gasteiger partial charge in [0.15, 0.2) is 8.32 Å². The van der Waals surface area contributed by atoms with E-state index in [-0.39, 0.29) is 0 Å². The summed E-state index contributed by atoms with van der Waals surface area (Å²) in [5.41, 5.74) is 0. The van der Waals surface area contributed by atoms with Gasteiger partial charge in [-0.15, -0.1) is 0 Å². The third-order valence-corrected chi connectivity index (χ3v) is 7.32. The Morgan fingerprint density at radius 1 is 0.267 bits per heavy atom. The highest BCUT2D eigenvalue weighted by Crippen LogP contribution is 2.08. The molecule has 0 saturated carbocycles. The van der Waals surface area contributed by atoms with Crippen molar-refractivity contribution < 1.29 is 51.8 Å². The smallest absolute Gasteiger partial charge is 0.183 e. The largest absolute Gasteiger partial charge is 0.415 e. The van der Waals surface area contributed by atoms with E-state index in [2.05, 4.69) is 26.6 Å². The van der Waals surface area contributed by atoms with Crippen LogP contribution < -0.4 is 0 Å². The van der Waals surface area contributed by atoms with Crippen molar-refractivity contribution in [3.05, 3.63) is 0 Å². The Labute approximate surface area is 276 Å². The lowest BCUT2D eigenvalue weighted by atomic mass is 10.1. The minimum Gasteiger partial charge on any atom is -0.415 e. The van der Waals surface area contributed by atoms with Crippen LogP contribution in [0.1, 0.15) is 58.3 Å². The summed E-state index contributed by atoms with van der Waals surface area (Å²) < 4.78 is 60.8. The summed E-state index contributed by atoms with van der Waals surface area (Å²) in [4.78, 5) is 0. The van der Waals surface area contributed by atoms with Crippen molar-refractivity contribution >= 4 is 8.32 Å². The molecule has 0 aliphatic heterocycles. The van der Waals surface area contributed by atoms with E-state index in [0.717, 1.165) is 13.0 Å². The maximum absolute atomic E-state index is 5.72. The fraction of sp³-hybridized carbons (Fsp3) is 1.00. The lowest BCUT2D eigenvalue weighted by Gasteiger charge is -2.16. The summed E-state index contributed by atoms with van der Waals surface area (Å²) in [6.45, 7) is 20.8. The molecule has 0 aliphatic carbocycles. The molecule has 0 saturated heterocycles. The molecule has 11 nitrogen and oxygen atoms in total. The average Bonchev–Trinajstić information content (AvgIpc) is 3.01. The third kappa shape index (κ3) is 43.8. The van der Waals surface area contributed by atoms with Gasteiger partial charge in [0.1, 0.15) is 0 Å². The standard InChI is InChI=1S/C33H70O11Si/c1-5-6-7-8-9-10-11-12-13-34-14-15-35-16-17-36-18-19-37-20-21-38-22-23-39-24-25-40-26-27-41-28-29-42-30-31-43-32-33-44-45(2,3)4/h5-33H2,1-4H3. The third-order valence-electron chi connectivity index (χ3n) is 6.25. The fourth-order valence-electron chi connectivity index (χ4n) is 3.83. The first-order chi connectivity index (χ1) is 22.1. The molecule has 0 N–H and O–H groups in total. The second-order valence-corrected chi connectivity index (χ2v) is 16.1. The van der Waals surface area contributed by atoms with Crippen LogP contribution in [0.3, 0.4) is 0 Å². The monoisotopic (exact) mass is 670 g/mol. The number of hydrogen-bond acceptors (Lipinski definition) is 11. The lowest BCUT2D eigenvalue weighted by molar-refractivity contribution is -0.0267. The molecule has 0 radical (unpaired) electrons. The Bertz CT molecular complexity index is 541. The molecule has 272 valence electrons. The van der Waals surface area contributed by atoms with Crippen LogP contribution in [0.5, 0.6) is 0 Å². The van der Waals surface area contributed by atoms with Gasteiger partial charge in [0, 0.05) is 6.61 Å². The van der Waals surface area contributed by atoms with E-state index in [9.17, 15) is 0 Å². The minimum atomic E-state index is -1.45. The molecule has 0 aromatic heterocycles. The quantitative estimate of drug-likeness (QED) is 0.0640. The van der Waals surface area contributed by atoms with Crippen molar-refractivity contribution in [3.8, 4) is 0 Å². The number of rotatable bonds is 40. The fourth-order valence-corrected chi connectivity index (χ4v) is 4.52. The molecule has 0 amide bonds. The van der Waals surface area contributed by atoms with Crippen LogP contribution in [0.15, 0.2) is 0 Å². The highest BCUT2D eigenvalue weighted by atomic mass is 28.4. The van der Waals surface area contributed by atoms with Gasteiger partial charge in [0.05, 0.1) is 132 Å². The van der Waals surface area contributed by atoms with E-state index in [0.29, 0.717) is 132 Å². The van der Waals surface area contributed by atoms with Crippen molar-refractivity contribution in [2.45, 2.75) is 77.9 Å². The van der Waals surface area contributed by atoms with Gasteiger partial charge >= 0.3 is 0 Å². The highest BCUT2D eigenvalue weighted by molar-refractivity contribution is 6.69. The molecular formula is C33H70O11Si. The molecule has 0 bridgehead atoms. The van der Waals surface area contributed by atoms with E-state index < -0.39 is 8.32 Å². The van der Waals surface area contributed by atoms with Gasteiger partial charge in [-0.1, -0.05) is 51.9 Å². The molecule has 12 heteroatoms. The van der Waals surface area contributed by atoms with Crippen LogP contribution in [0.2, 0.25) is 19.6 Å². The van der Waals surface area contributed by atoms with Crippen molar-refractivity contribution in [2.75, 3.05) is 139 Å². The first kappa shape index (κ1) is 44.8. The van der Waals surface area contributed by atoms with Crippen LogP contribution in [-0.4, -0.2) is 147 Å². The average molecular weight is 671 g/mol. The second-order valence-electron chi connectivity index (χ2n) is 11.6. The van der Waals surface area contributed by atoms with Gasteiger partial charge in [-0.05, 0) is 26.1 Å². The van der Waals surface area contributed by atoms with E-state index in [1.165, 1.54) is 44.9 Å². The second kappa shape index (κ2) is 38.2. The topological polar surface area (TPSA) is 102 Å². The van der Waals surface area contributed by atoms with Gasteiger partial charge < -0.3 is 51.8 Å². The molecule has 0 unspecified atom stereocenters. The molecule has 0 fully saturated rings. The normalized spacial score (nSPS) is 12.0. The maximum atomic E-state index is 5.72. The van der Waals surface area contributed by atoms with Crippen molar-refractivity contribution in [2.24, 2.45) is 0 Å². The maximum Gasteiger partial charge on any atom is 0.183 e. The molecule has 45 heavy (non-hydrogen) atoms. The van der Waals surface area contributed by atoms with E-state index in [1.807, 2.05) is 0 Å². The molecule has 0 atom stereocenters. The van der Waals surface area contributed by atoms with Gasteiger partial charge in [0.2, 0.25) is 0 Å². The molecular weight excluding hydrogens is 600 g/mol. The Morgan fingerprint density at radius 2 is 0.489 bits per heavy atom. The Hall–Kier alpha value is -0.223. The predicted molar refractivity (Wildman–Crippen MR) is 180 cm³/mol. The molecule has 0 rings (SSSR count). The van der Waals surface area contributed by atoms with E-state index in [4.69, 9.17) is 51.8 Å². The van der Waals surface area contributed by atoms with Crippen LogP contribution in [0.4, 0.5) is 0 Å². The highest BCUT2D eigenvalue weighted by Gasteiger charge is 2.13. The summed E-state index contributed by atoms with van der Waals surface area (Å²) in [5.74, 6) is 0. The molecule has 0 aromatic carbocycles. The van der Waals surface area contributed by atoms with Crippen molar-refractivity contribution in [1.29, 1.82) is 0 Å². The molecule has 0 spiro atoms. The summed E-state index contributed by atoms with van der Waals surface area (Å²) in [7, 11) is -1.45. The lowest BCUT2D eigenvalue weighted by Crippen LogP contribution is -2.27. The summed E-state index contributed by atoms with van der Waals surface area (Å²) in [5, 5.41) is 0. The van der Waals surface area contributed by atoms with Gasteiger partial charge in [-0.25, -0.2) is 0 Å². The molecule has 0 aliphatic rings. The zero-order chi connectivity index (χ0) is 32.8. The Balaban J connectivity index is 3.05. The van der Waals surface area contributed by atoms with Crippen LogP contribution >= 0.6 is 0 Å². The first-order valence-corrected chi connectivity index (χ1v) is 20.9. The zero-order valence-corrected chi connectivity index (χ0v) is 30.5. The van der Waals surface area contributed by atoms with Gasteiger partial charge in [-0.2, -0.15) is 0 Å². The number of hydrogen-bond donors (Lipinski definition) is 0. The molecule has 0 heterocycles. The van der Waals surface area contributed by atoms with E-state index >= 15 is 0 Å². The predicted octanol–water partition coefficient (Wildman–Crippen LogP) is 5.14. The first-order valence-electron chi connectivity index (χ1n) is 17.5. The molecule has 0 aromatic rings. The van der Waals surface area contributed by atoms with Gasteiger partial charge in [-0.3, -0.25) is 0 Å².